The summed E-state index contributed by atoms with van der Waals surface area (Å²) in [5, 5.41) is 14.9. The van der Waals surface area contributed by atoms with Crippen LogP contribution in [0.25, 0.3) is 0 Å². The van der Waals surface area contributed by atoms with Crippen LogP contribution in [0.1, 0.15) is 15.2 Å². The molecule has 0 aliphatic carbocycles. The fourth-order valence-electron chi connectivity index (χ4n) is 1.24. The molecule has 0 saturated heterocycles. The number of aliphatic hydroxyl groups excluding tert-OH is 1. The molecule has 1 aromatic heterocycles. The first-order chi connectivity index (χ1) is 8.79. The Morgan fingerprint density at radius 1 is 1.39 bits per heavy atom. The predicted octanol–water partition coefficient (Wildman–Crippen LogP) is 1.13. The maximum absolute atomic E-state index is 11.7. The number of carbonyl (C=O) groups is 1. The molecule has 0 bridgehead atoms. The number of hydrogen-bond donors (Lipinski definition) is 2. The summed E-state index contributed by atoms with van der Waals surface area (Å²) in [5.74, 6) is 5.09. The molecule has 0 spiro atoms. The molecular weight excluding hydrogens is 250 g/mol. The molecule has 1 heterocycles. The van der Waals surface area contributed by atoms with Gasteiger partial charge in [0.25, 0.3) is 5.91 Å². The van der Waals surface area contributed by atoms with Gasteiger partial charge in [0.05, 0.1) is 6.20 Å². The average Bonchev–Trinajstić information content (AvgIpc) is 2.92. The summed E-state index contributed by atoms with van der Waals surface area (Å²) >= 11 is 1.04. The molecule has 0 radical (unpaired) electrons. The third-order valence-corrected chi connectivity index (χ3v) is 2.70. The van der Waals surface area contributed by atoms with Crippen LogP contribution < -0.4 is 5.32 Å². The lowest BCUT2D eigenvalue weighted by atomic mass is 10.2. The van der Waals surface area contributed by atoms with E-state index in [1.54, 1.807) is 24.3 Å². The minimum Gasteiger partial charge on any atom is -0.384 e. The monoisotopic (exact) mass is 259 g/mol. The van der Waals surface area contributed by atoms with Crippen LogP contribution in [0.5, 0.6) is 0 Å². The number of hydrogen-bond acceptors (Lipinski definition) is 5. The van der Waals surface area contributed by atoms with E-state index in [1.807, 2.05) is 0 Å². The highest BCUT2D eigenvalue weighted by molar-refractivity contribution is 7.07. The van der Waals surface area contributed by atoms with Gasteiger partial charge >= 0.3 is 0 Å². The number of amides is 1. The van der Waals surface area contributed by atoms with Crippen molar-refractivity contribution in [1.82, 2.24) is 9.59 Å². The Balaban J connectivity index is 2.04. The molecule has 2 aromatic rings. The molecule has 18 heavy (non-hydrogen) atoms. The van der Waals surface area contributed by atoms with Crippen molar-refractivity contribution >= 4 is 23.1 Å². The van der Waals surface area contributed by atoms with Crippen molar-refractivity contribution in [3.05, 3.63) is 40.9 Å². The highest BCUT2D eigenvalue weighted by Crippen LogP contribution is 2.11. The second-order valence-electron chi connectivity index (χ2n) is 3.27. The zero-order valence-electron chi connectivity index (χ0n) is 9.25. The Labute approximate surface area is 108 Å². The first-order valence-corrected chi connectivity index (χ1v) is 5.85. The molecule has 0 fully saturated rings. The molecule has 0 saturated carbocycles. The van der Waals surface area contributed by atoms with E-state index in [2.05, 4.69) is 26.7 Å². The van der Waals surface area contributed by atoms with Crippen molar-refractivity contribution in [3.63, 3.8) is 0 Å². The maximum atomic E-state index is 11.7. The van der Waals surface area contributed by atoms with Crippen LogP contribution in [0, 0.1) is 11.8 Å². The van der Waals surface area contributed by atoms with E-state index in [9.17, 15) is 4.79 Å². The summed E-state index contributed by atoms with van der Waals surface area (Å²) in [6.07, 6.45) is 1.42. The fourth-order valence-corrected chi connectivity index (χ4v) is 1.65. The van der Waals surface area contributed by atoms with Crippen molar-refractivity contribution in [2.24, 2.45) is 0 Å². The normalized spacial score (nSPS) is 9.39. The molecule has 1 amide bonds. The van der Waals surface area contributed by atoms with Crippen molar-refractivity contribution in [3.8, 4) is 11.8 Å². The Hall–Kier alpha value is -2.23. The smallest absolute Gasteiger partial charge is 0.269 e. The fraction of sp³-hybridized carbons (Fsp3) is 0.0833. The zero-order chi connectivity index (χ0) is 12.8. The highest BCUT2D eigenvalue weighted by atomic mass is 32.1. The molecular formula is C12H9N3O2S. The second-order valence-corrected chi connectivity index (χ2v) is 4.06. The van der Waals surface area contributed by atoms with Crippen molar-refractivity contribution in [2.45, 2.75) is 0 Å². The van der Waals surface area contributed by atoms with Crippen LogP contribution in [-0.4, -0.2) is 27.2 Å². The Morgan fingerprint density at radius 3 is 2.78 bits per heavy atom. The molecule has 0 aliphatic heterocycles. The van der Waals surface area contributed by atoms with Crippen LogP contribution in [-0.2, 0) is 0 Å². The van der Waals surface area contributed by atoms with E-state index in [-0.39, 0.29) is 12.5 Å². The summed E-state index contributed by atoms with van der Waals surface area (Å²) in [6.45, 7) is -0.170. The lowest BCUT2D eigenvalue weighted by Crippen LogP contribution is -2.09. The number of aliphatic hydroxyl groups is 1. The van der Waals surface area contributed by atoms with Crippen LogP contribution >= 0.6 is 11.5 Å². The largest absolute Gasteiger partial charge is 0.384 e. The topological polar surface area (TPSA) is 75.1 Å². The second kappa shape index (κ2) is 5.91. The summed E-state index contributed by atoms with van der Waals surface area (Å²) in [6, 6.07) is 7.02. The molecule has 2 N–H and O–H groups in total. The van der Waals surface area contributed by atoms with Crippen LogP contribution in [0.15, 0.2) is 30.5 Å². The van der Waals surface area contributed by atoms with Gasteiger partial charge in [-0.25, -0.2) is 0 Å². The average molecular weight is 259 g/mol. The van der Waals surface area contributed by atoms with Gasteiger partial charge in [0, 0.05) is 11.3 Å². The van der Waals surface area contributed by atoms with Crippen molar-refractivity contribution < 1.29 is 9.90 Å². The van der Waals surface area contributed by atoms with Gasteiger partial charge in [-0.15, -0.1) is 5.10 Å². The van der Waals surface area contributed by atoms with Crippen molar-refractivity contribution in [2.75, 3.05) is 11.9 Å². The zero-order valence-corrected chi connectivity index (χ0v) is 10.1. The van der Waals surface area contributed by atoms with Crippen LogP contribution in [0.3, 0.4) is 0 Å². The lowest BCUT2D eigenvalue weighted by molar-refractivity contribution is 0.103. The third-order valence-electron chi connectivity index (χ3n) is 2.04. The van der Waals surface area contributed by atoms with Gasteiger partial charge in [0.15, 0.2) is 0 Å². The number of benzene rings is 1. The summed E-state index contributed by atoms with van der Waals surface area (Å²) in [5.41, 5.74) is 1.45. The number of nitrogens with zero attached hydrogens (tertiary/aromatic N) is 2. The molecule has 0 unspecified atom stereocenters. The maximum Gasteiger partial charge on any atom is 0.269 e. The van der Waals surface area contributed by atoms with Gasteiger partial charge < -0.3 is 10.4 Å². The van der Waals surface area contributed by atoms with Gasteiger partial charge in [-0.3, -0.25) is 4.79 Å². The van der Waals surface area contributed by atoms with Gasteiger partial charge in [0.2, 0.25) is 0 Å². The molecule has 0 aliphatic rings. The minimum atomic E-state index is -0.237. The Kier molecular flexibility index (Phi) is 4.02. The van der Waals surface area contributed by atoms with Gasteiger partial charge in [-0.1, -0.05) is 16.3 Å². The number of aromatic nitrogens is 2. The summed E-state index contributed by atoms with van der Waals surface area (Å²) in [7, 11) is 0. The number of anilines is 1. The summed E-state index contributed by atoms with van der Waals surface area (Å²) in [4.78, 5) is 12.1. The number of carbonyl (C=O) groups excluding carboxylic acids is 1. The molecule has 5 nitrogen and oxygen atoms in total. The minimum absolute atomic E-state index is 0.170. The van der Waals surface area contributed by atoms with Crippen LogP contribution in [0.2, 0.25) is 0 Å². The standard InChI is InChI=1S/C12H9N3O2S/c16-7-1-2-9-3-5-10(6-4-9)14-12(17)11-8-13-15-18-11/h3-6,8,16H,7H2,(H,14,17). The number of nitrogens with one attached hydrogen (secondary N) is 1. The highest BCUT2D eigenvalue weighted by Gasteiger charge is 2.08. The molecule has 6 heteroatoms. The van der Waals surface area contributed by atoms with Gasteiger partial charge in [-0.05, 0) is 35.8 Å². The van der Waals surface area contributed by atoms with E-state index >= 15 is 0 Å². The number of rotatable bonds is 2. The molecule has 90 valence electrons. The van der Waals surface area contributed by atoms with E-state index in [0.717, 1.165) is 17.1 Å². The van der Waals surface area contributed by atoms with Gasteiger partial charge in [0.1, 0.15) is 11.5 Å². The first-order valence-electron chi connectivity index (χ1n) is 5.08. The Bertz CT molecular complexity index is 582. The quantitative estimate of drug-likeness (QED) is 0.793. The van der Waals surface area contributed by atoms with Crippen LogP contribution in [0.4, 0.5) is 5.69 Å². The van der Waals surface area contributed by atoms with E-state index in [0.29, 0.717) is 10.6 Å². The molecule has 1 aromatic carbocycles. The summed E-state index contributed by atoms with van der Waals surface area (Å²) < 4.78 is 3.62. The van der Waals surface area contributed by atoms with E-state index in [4.69, 9.17) is 5.11 Å². The predicted molar refractivity (Wildman–Crippen MR) is 68.3 cm³/mol. The molecule has 2 rings (SSSR count). The Morgan fingerprint density at radius 2 is 2.17 bits per heavy atom. The van der Waals surface area contributed by atoms with Crippen molar-refractivity contribution in [1.29, 1.82) is 0 Å². The third kappa shape index (κ3) is 3.13. The van der Waals surface area contributed by atoms with E-state index < -0.39 is 0 Å². The van der Waals surface area contributed by atoms with E-state index in [1.165, 1.54) is 6.20 Å². The lowest BCUT2D eigenvalue weighted by Gasteiger charge is -2.02. The first kappa shape index (κ1) is 12.2. The van der Waals surface area contributed by atoms with Gasteiger partial charge in [-0.2, -0.15) is 0 Å². The molecule has 0 atom stereocenters. The SMILES string of the molecule is O=C(Nc1ccc(C#CCO)cc1)c1cnns1.